The third-order valence-electron chi connectivity index (χ3n) is 5.22. The molecule has 3 nitrogen and oxygen atoms in total. The van der Waals surface area contributed by atoms with Gasteiger partial charge >= 0.3 is 0 Å². The van der Waals surface area contributed by atoms with Gasteiger partial charge in [-0.3, -0.25) is 0 Å². The summed E-state index contributed by atoms with van der Waals surface area (Å²) >= 11 is 0. The van der Waals surface area contributed by atoms with Crippen LogP contribution in [0.1, 0.15) is 49.7 Å². The van der Waals surface area contributed by atoms with Crippen molar-refractivity contribution in [2.75, 3.05) is 13.7 Å². The number of rotatable bonds is 2. The van der Waals surface area contributed by atoms with Crippen LogP contribution in [0.15, 0.2) is 18.2 Å². The number of benzene rings is 1. The van der Waals surface area contributed by atoms with Gasteiger partial charge in [-0.1, -0.05) is 25.3 Å². The summed E-state index contributed by atoms with van der Waals surface area (Å²) in [5.74, 6) is 0.940. The lowest BCUT2D eigenvalue weighted by atomic mass is 9.76. The van der Waals surface area contributed by atoms with Gasteiger partial charge in [-0.2, -0.15) is 0 Å². The lowest BCUT2D eigenvalue weighted by molar-refractivity contribution is -0.0307. The van der Waals surface area contributed by atoms with Gasteiger partial charge in [0.15, 0.2) is 0 Å². The van der Waals surface area contributed by atoms with Gasteiger partial charge in [-0.15, -0.1) is 0 Å². The van der Waals surface area contributed by atoms with E-state index in [9.17, 15) is 5.11 Å². The number of nitrogens with one attached hydrogen (secondary N) is 1. The van der Waals surface area contributed by atoms with Crippen LogP contribution >= 0.6 is 0 Å². The minimum atomic E-state index is -0.521. The molecule has 1 aliphatic heterocycles. The molecule has 2 N–H and O–H groups in total. The molecule has 1 atom stereocenters. The summed E-state index contributed by atoms with van der Waals surface area (Å²) < 4.78 is 5.35. The van der Waals surface area contributed by atoms with Crippen LogP contribution in [-0.4, -0.2) is 30.4 Å². The number of hydrogen-bond donors (Lipinski definition) is 2. The van der Waals surface area contributed by atoms with E-state index in [-0.39, 0.29) is 6.04 Å². The van der Waals surface area contributed by atoms with Crippen LogP contribution in [0.2, 0.25) is 0 Å². The molecule has 1 aromatic rings. The molecule has 0 radical (unpaired) electrons. The molecule has 1 saturated carbocycles. The molecule has 21 heavy (non-hydrogen) atoms. The van der Waals surface area contributed by atoms with Crippen molar-refractivity contribution in [3.63, 3.8) is 0 Å². The highest BCUT2D eigenvalue weighted by Crippen LogP contribution is 2.34. The zero-order chi connectivity index (χ0) is 14.7. The number of methoxy groups -OCH3 is 1. The van der Waals surface area contributed by atoms with E-state index in [1.807, 2.05) is 6.07 Å². The molecule has 116 valence electrons. The van der Waals surface area contributed by atoms with Crippen LogP contribution in [0.5, 0.6) is 5.75 Å². The molecule has 0 bridgehead atoms. The summed E-state index contributed by atoms with van der Waals surface area (Å²) in [6.07, 6.45) is 8.59. The molecule has 0 saturated heterocycles. The van der Waals surface area contributed by atoms with Crippen LogP contribution in [0, 0.1) is 0 Å². The first kappa shape index (κ1) is 14.9. The Morgan fingerprint density at radius 1 is 1.14 bits per heavy atom. The Hall–Kier alpha value is -1.06. The maximum absolute atomic E-state index is 11.1. The lowest BCUT2D eigenvalue weighted by Crippen LogP contribution is -2.53. The van der Waals surface area contributed by atoms with Crippen LogP contribution in [0.3, 0.4) is 0 Å². The quantitative estimate of drug-likeness (QED) is 0.879. The van der Waals surface area contributed by atoms with Crippen molar-refractivity contribution in [3.05, 3.63) is 29.3 Å². The minimum absolute atomic E-state index is 0.185. The number of hydrogen-bond acceptors (Lipinski definition) is 3. The average molecular weight is 289 g/mol. The summed E-state index contributed by atoms with van der Waals surface area (Å²) in [6.45, 7) is 0.990. The van der Waals surface area contributed by atoms with Crippen molar-refractivity contribution in [3.8, 4) is 5.75 Å². The second-order valence-corrected chi connectivity index (χ2v) is 6.61. The third kappa shape index (κ3) is 3.24. The van der Waals surface area contributed by atoms with E-state index < -0.39 is 5.60 Å². The van der Waals surface area contributed by atoms with Gasteiger partial charge in [-0.05, 0) is 61.9 Å². The Bertz CT molecular complexity index is 480. The summed E-state index contributed by atoms with van der Waals surface area (Å²) in [5, 5.41) is 14.7. The van der Waals surface area contributed by atoms with E-state index in [4.69, 9.17) is 4.74 Å². The van der Waals surface area contributed by atoms with Crippen LogP contribution < -0.4 is 10.1 Å². The summed E-state index contributed by atoms with van der Waals surface area (Å²) in [5.41, 5.74) is 2.24. The SMILES string of the molecule is COc1ccc2c(c1)CCCNC(C1(O)CCCCC1)C2. The predicted octanol–water partition coefficient (Wildman–Crippen LogP) is 2.84. The standard InChI is InChI=1S/C18H27NO2/c1-21-16-8-7-15-13-17(18(20)9-3-2-4-10-18)19-11-5-6-14(15)12-16/h7-8,12,17,19-20H,2-6,9-11,13H2,1H3. The molecule has 2 aliphatic rings. The number of ether oxygens (including phenoxy) is 1. The molecule has 1 aliphatic carbocycles. The average Bonchev–Trinajstić information content (AvgIpc) is 2.48. The molecule has 1 aromatic carbocycles. The van der Waals surface area contributed by atoms with Gasteiger partial charge in [0.2, 0.25) is 0 Å². The maximum Gasteiger partial charge on any atom is 0.119 e. The highest BCUT2D eigenvalue weighted by atomic mass is 16.5. The van der Waals surface area contributed by atoms with E-state index in [1.165, 1.54) is 17.5 Å². The zero-order valence-electron chi connectivity index (χ0n) is 13.0. The third-order valence-corrected chi connectivity index (χ3v) is 5.22. The number of aliphatic hydroxyl groups is 1. The molecule has 0 spiro atoms. The minimum Gasteiger partial charge on any atom is -0.497 e. The van der Waals surface area contributed by atoms with Crippen LogP contribution in [-0.2, 0) is 12.8 Å². The van der Waals surface area contributed by atoms with Crippen molar-refractivity contribution in [2.24, 2.45) is 0 Å². The van der Waals surface area contributed by atoms with Gasteiger partial charge < -0.3 is 15.2 Å². The van der Waals surface area contributed by atoms with Crippen molar-refractivity contribution in [1.82, 2.24) is 5.32 Å². The fraction of sp³-hybridized carbons (Fsp3) is 0.667. The topological polar surface area (TPSA) is 41.5 Å². The first-order valence-electron chi connectivity index (χ1n) is 8.33. The molecular weight excluding hydrogens is 262 g/mol. The van der Waals surface area contributed by atoms with Crippen molar-refractivity contribution in [2.45, 2.75) is 63.0 Å². The van der Waals surface area contributed by atoms with Crippen molar-refractivity contribution in [1.29, 1.82) is 0 Å². The molecule has 0 amide bonds. The van der Waals surface area contributed by atoms with Crippen LogP contribution in [0.25, 0.3) is 0 Å². The van der Waals surface area contributed by atoms with E-state index in [0.29, 0.717) is 0 Å². The zero-order valence-corrected chi connectivity index (χ0v) is 13.0. The first-order chi connectivity index (χ1) is 10.2. The van der Waals surface area contributed by atoms with E-state index in [0.717, 1.165) is 57.2 Å². The molecule has 1 fully saturated rings. The van der Waals surface area contributed by atoms with E-state index in [2.05, 4.69) is 17.4 Å². The molecule has 1 heterocycles. The smallest absolute Gasteiger partial charge is 0.119 e. The number of fused-ring (bicyclic) bond motifs is 1. The second kappa shape index (κ2) is 6.37. The summed E-state index contributed by atoms with van der Waals surface area (Å²) in [4.78, 5) is 0. The highest BCUT2D eigenvalue weighted by Gasteiger charge is 2.38. The summed E-state index contributed by atoms with van der Waals surface area (Å²) in [6, 6.07) is 6.58. The van der Waals surface area contributed by atoms with Gasteiger partial charge in [0.05, 0.1) is 12.7 Å². The van der Waals surface area contributed by atoms with Gasteiger partial charge in [0.25, 0.3) is 0 Å². The Balaban J connectivity index is 1.84. The Labute approximate surface area is 127 Å². The molecule has 0 aromatic heterocycles. The van der Waals surface area contributed by atoms with Gasteiger partial charge in [0.1, 0.15) is 5.75 Å². The molecular formula is C18H27NO2. The highest BCUT2D eigenvalue weighted by molar-refractivity contribution is 5.37. The normalized spacial score (nSPS) is 25.5. The van der Waals surface area contributed by atoms with Gasteiger partial charge in [-0.25, -0.2) is 0 Å². The van der Waals surface area contributed by atoms with Crippen molar-refractivity contribution >= 4 is 0 Å². The monoisotopic (exact) mass is 289 g/mol. The Morgan fingerprint density at radius 3 is 2.71 bits per heavy atom. The molecule has 3 heteroatoms. The van der Waals surface area contributed by atoms with Crippen LogP contribution in [0.4, 0.5) is 0 Å². The van der Waals surface area contributed by atoms with Gasteiger partial charge in [0, 0.05) is 6.04 Å². The predicted molar refractivity (Wildman–Crippen MR) is 84.8 cm³/mol. The summed E-state index contributed by atoms with van der Waals surface area (Å²) in [7, 11) is 1.72. The largest absolute Gasteiger partial charge is 0.497 e. The lowest BCUT2D eigenvalue weighted by Gasteiger charge is -2.41. The first-order valence-corrected chi connectivity index (χ1v) is 8.33. The Kier molecular flexibility index (Phi) is 4.51. The van der Waals surface area contributed by atoms with E-state index in [1.54, 1.807) is 7.11 Å². The molecule has 3 rings (SSSR count). The Morgan fingerprint density at radius 2 is 1.95 bits per heavy atom. The maximum atomic E-state index is 11.1. The van der Waals surface area contributed by atoms with E-state index >= 15 is 0 Å². The second-order valence-electron chi connectivity index (χ2n) is 6.61. The van der Waals surface area contributed by atoms with Crippen molar-refractivity contribution < 1.29 is 9.84 Å². The molecule has 1 unspecified atom stereocenters. The number of aryl methyl sites for hydroxylation is 1. The fourth-order valence-electron chi connectivity index (χ4n) is 3.90. The fourth-order valence-corrected chi connectivity index (χ4v) is 3.90.